The fraction of sp³-hybridized carbons (Fsp3) is 0.364. The normalized spacial score (nSPS) is 14.2. The van der Waals surface area contributed by atoms with Gasteiger partial charge in [-0.2, -0.15) is 0 Å². The molecule has 0 radical (unpaired) electrons. The first-order valence-electron chi connectivity index (χ1n) is 10.2. The minimum Gasteiger partial charge on any atom is -0.348 e. The second-order valence-electron chi connectivity index (χ2n) is 7.55. The zero-order valence-electron chi connectivity index (χ0n) is 17.6. The van der Waals surface area contributed by atoms with Crippen LogP contribution in [0.4, 0.5) is 16.3 Å². The molecule has 2 amide bonds. The number of aromatic nitrogens is 3. The molecule has 30 heavy (non-hydrogen) atoms. The van der Waals surface area contributed by atoms with E-state index in [-0.39, 0.29) is 11.6 Å². The molecule has 8 heteroatoms. The van der Waals surface area contributed by atoms with E-state index in [4.69, 9.17) is 0 Å². The highest BCUT2D eigenvalue weighted by atomic mass is 16.2. The fourth-order valence-corrected chi connectivity index (χ4v) is 3.83. The Morgan fingerprint density at radius 1 is 1.13 bits per heavy atom. The van der Waals surface area contributed by atoms with Crippen molar-refractivity contribution in [2.24, 2.45) is 0 Å². The van der Waals surface area contributed by atoms with E-state index in [1.807, 2.05) is 56.0 Å². The number of piperazine rings is 1. The molecular weight excluding hydrogens is 380 g/mol. The van der Waals surface area contributed by atoms with Crippen molar-refractivity contribution in [2.45, 2.75) is 27.3 Å². The lowest BCUT2D eigenvalue weighted by molar-refractivity contribution is 0.208. The van der Waals surface area contributed by atoms with Gasteiger partial charge in [-0.3, -0.25) is 9.36 Å². The monoisotopic (exact) mass is 406 g/mol. The standard InChI is InChI=1S/C22H26N6O2/c1-4-28-19-18(6-5-9-23-19)24-20(21(28)29)26-10-12-27(13-11-26)22(30)25-17-8-7-15(2)14-16(17)3/h5-9,14H,4,10-13H2,1-3H3,(H,25,30). The number of nitrogens with zero attached hydrogens (tertiary/aromatic N) is 5. The number of carbonyl (C=O) groups is 1. The molecule has 4 rings (SSSR count). The van der Waals surface area contributed by atoms with Crippen molar-refractivity contribution in [1.82, 2.24) is 19.4 Å². The lowest BCUT2D eigenvalue weighted by Gasteiger charge is -2.35. The van der Waals surface area contributed by atoms with Crippen molar-refractivity contribution in [3.05, 3.63) is 58.0 Å². The summed E-state index contributed by atoms with van der Waals surface area (Å²) >= 11 is 0. The average molecular weight is 406 g/mol. The molecule has 2 aromatic heterocycles. The SMILES string of the molecule is CCn1c(=O)c(N2CCN(C(=O)Nc3ccc(C)cc3C)CC2)nc2cccnc21. The van der Waals surface area contributed by atoms with Crippen LogP contribution < -0.4 is 15.8 Å². The Labute approximate surface area is 175 Å². The maximum absolute atomic E-state index is 13.0. The second-order valence-corrected chi connectivity index (χ2v) is 7.55. The van der Waals surface area contributed by atoms with E-state index in [9.17, 15) is 9.59 Å². The van der Waals surface area contributed by atoms with Crippen LogP contribution in [0.3, 0.4) is 0 Å². The molecule has 1 N–H and O–H groups in total. The molecular formula is C22H26N6O2. The van der Waals surface area contributed by atoms with Gasteiger partial charge < -0.3 is 15.1 Å². The third kappa shape index (κ3) is 3.72. The molecule has 0 spiro atoms. The predicted octanol–water partition coefficient (Wildman–Crippen LogP) is 2.78. The van der Waals surface area contributed by atoms with E-state index in [1.165, 1.54) is 0 Å². The molecule has 3 heterocycles. The quantitative estimate of drug-likeness (QED) is 0.723. The number of anilines is 2. The van der Waals surface area contributed by atoms with Gasteiger partial charge in [0.1, 0.15) is 5.52 Å². The highest BCUT2D eigenvalue weighted by Crippen LogP contribution is 2.18. The summed E-state index contributed by atoms with van der Waals surface area (Å²) in [6, 6.07) is 9.53. The number of pyridine rings is 1. The molecule has 0 atom stereocenters. The van der Waals surface area contributed by atoms with Crippen LogP contribution in [0.5, 0.6) is 0 Å². The van der Waals surface area contributed by atoms with E-state index in [1.54, 1.807) is 15.7 Å². The Hall–Kier alpha value is -3.42. The molecule has 0 saturated carbocycles. The van der Waals surface area contributed by atoms with Crippen LogP contribution in [-0.4, -0.2) is 51.6 Å². The van der Waals surface area contributed by atoms with Gasteiger partial charge in [0.25, 0.3) is 5.56 Å². The number of aryl methyl sites for hydroxylation is 3. The van der Waals surface area contributed by atoms with Gasteiger partial charge in [-0.25, -0.2) is 14.8 Å². The summed E-state index contributed by atoms with van der Waals surface area (Å²) in [6.45, 7) is 8.62. The van der Waals surface area contributed by atoms with Crippen molar-refractivity contribution in [3.63, 3.8) is 0 Å². The van der Waals surface area contributed by atoms with Crippen LogP contribution in [0.15, 0.2) is 41.3 Å². The number of nitrogens with one attached hydrogen (secondary N) is 1. The summed E-state index contributed by atoms with van der Waals surface area (Å²) in [6.07, 6.45) is 1.67. The lowest BCUT2D eigenvalue weighted by atomic mass is 10.1. The summed E-state index contributed by atoms with van der Waals surface area (Å²) in [7, 11) is 0. The van der Waals surface area contributed by atoms with Gasteiger partial charge in [0.2, 0.25) is 0 Å². The minimum absolute atomic E-state index is 0.122. The number of rotatable bonds is 3. The Balaban J connectivity index is 1.49. The number of fused-ring (bicyclic) bond motifs is 1. The molecule has 1 aliphatic heterocycles. The minimum atomic E-state index is -0.142. The molecule has 3 aromatic rings. The molecule has 8 nitrogen and oxygen atoms in total. The molecule has 0 unspecified atom stereocenters. The summed E-state index contributed by atoms with van der Waals surface area (Å²) in [5.74, 6) is 0.423. The highest BCUT2D eigenvalue weighted by molar-refractivity contribution is 5.90. The number of hydrogen-bond donors (Lipinski definition) is 1. The number of urea groups is 1. The van der Waals surface area contributed by atoms with Gasteiger partial charge >= 0.3 is 6.03 Å². The smallest absolute Gasteiger partial charge is 0.321 e. The maximum atomic E-state index is 13.0. The molecule has 1 aromatic carbocycles. The molecule has 1 saturated heterocycles. The summed E-state index contributed by atoms with van der Waals surface area (Å²) in [5.41, 5.74) is 4.18. The van der Waals surface area contributed by atoms with Crippen LogP contribution in [0.25, 0.3) is 11.2 Å². The van der Waals surface area contributed by atoms with Crippen LogP contribution in [0.2, 0.25) is 0 Å². The first kappa shape index (κ1) is 19.9. The molecule has 156 valence electrons. The Bertz CT molecular complexity index is 1150. The van der Waals surface area contributed by atoms with Crippen molar-refractivity contribution in [2.75, 3.05) is 36.4 Å². The summed E-state index contributed by atoms with van der Waals surface area (Å²) in [5, 5.41) is 2.99. The maximum Gasteiger partial charge on any atom is 0.321 e. The van der Waals surface area contributed by atoms with Crippen LogP contribution in [0.1, 0.15) is 18.1 Å². The van der Waals surface area contributed by atoms with E-state index < -0.39 is 0 Å². The Morgan fingerprint density at radius 2 is 1.90 bits per heavy atom. The lowest BCUT2D eigenvalue weighted by Crippen LogP contribution is -2.51. The van der Waals surface area contributed by atoms with Crippen molar-refractivity contribution < 1.29 is 4.79 Å². The average Bonchev–Trinajstić information content (AvgIpc) is 2.75. The third-order valence-corrected chi connectivity index (χ3v) is 5.49. The zero-order chi connectivity index (χ0) is 21.3. The van der Waals surface area contributed by atoms with E-state index in [0.29, 0.717) is 49.7 Å². The number of hydrogen-bond acceptors (Lipinski definition) is 5. The molecule has 1 aliphatic rings. The zero-order valence-corrected chi connectivity index (χ0v) is 17.6. The predicted molar refractivity (Wildman–Crippen MR) is 118 cm³/mol. The number of amides is 2. The Kier molecular flexibility index (Phi) is 5.39. The molecule has 1 fully saturated rings. The third-order valence-electron chi connectivity index (χ3n) is 5.49. The van der Waals surface area contributed by atoms with Gasteiger partial charge in [-0.05, 0) is 44.5 Å². The van der Waals surface area contributed by atoms with Gasteiger partial charge in [-0.1, -0.05) is 17.7 Å². The largest absolute Gasteiger partial charge is 0.348 e. The topological polar surface area (TPSA) is 83.4 Å². The van der Waals surface area contributed by atoms with E-state index in [2.05, 4.69) is 15.3 Å². The first-order valence-corrected chi connectivity index (χ1v) is 10.2. The van der Waals surface area contributed by atoms with Crippen molar-refractivity contribution in [3.8, 4) is 0 Å². The van der Waals surface area contributed by atoms with Crippen molar-refractivity contribution in [1.29, 1.82) is 0 Å². The van der Waals surface area contributed by atoms with Crippen LogP contribution >= 0.6 is 0 Å². The van der Waals surface area contributed by atoms with Crippen LogP contribution in [0, 0.1) is 13.8 Å². The second kappa shape index (κ2) is 8.14. The van der Waals surface area contributed by atoms with E-state index >= 15 is 0 Å². The highest BCUT2D eigenvalue weighted by Gasteiger charge is 2.25. The van der Waals surface area contributed by atoms with Crippen molar-refractivity contribution >= 4 is 28.7 Å². The number of carbonyl (C=O) groups excluding carboxylic acids is 1. The van der Waals surface area contributed by atoms with Gasteiger partial charge in [-0.15, -0.1) is 0 Å². The van der Waals surface area contributed by atoms with Crippen LogP contribution in [-0.2, 0) is 6.54 Å². The first-order chi connectivity index (χ1) is 14.5. The van der Waals surface area contributed by atoms with E-state index in [0.717, 1.165) is 16.8 Å². The fourth-order valence-electron chi connectivity index (χ4n) is 3.83. The molecule has 0 aliphatic carbocycles. The van der Waals surface area contributed by atoms with Gasteiger partial charge in [0.05, 0.1) is 0 Å². The summed E-state index contributed by atoms with van der Waals surface area (Å²) in [4.78, 5) is 38.3. The molecule has 0 bridgehead atoms. The van der Waals surface area contributed by atoms with Gasteiger partial charge in [0, 0.05) is 44.6 Å². The van der Waals surface area contributed by atoms with Gasteiger partial charge in [0.15, 0.2) is 11.5 Å². The number of benzene rings is 1. The summed E-state index contributed by atoms with van der Waals surface area (Å²) < 4.78 is 1.65. The Morgan fingerprint density at radius 3 is 2.60 bits per heavy atom.